The molecular formula is C12H6ClFN2O. The van der Waals surface area contributed by atoms with Crippen molar-refractivity contribution in [1.29, 1.82) is 5.26 Å². The number of rotatable bonds is 2. The summed E-state index contributed by atoms with van der Waals surface area (Å²) in [5, 5.41) is 9.14. The highest BCUT2D eigenvalue weighted by Crippen LogP contribution is 2.25. The molecule has 0 aliphatic rings. The lowest BCUT2D eigenvalue weighted by Gasteiger charge is -2.05. The fourth-order valence-corrected chi connectivity index (χ4v) is 1.50. The van der Waals surface area contributed by atoms with Crippen molar-refractivity contribution in [3.05, 3.63) is 53.1 Å². The van der Waals surface area contributed by atoms with Crippen molar-refractivity contribution >= 4 is 11.6 Å². The minimum atomic E-state index is -0.495. The molecule has 2 rings (SSSR count). The Kier molecular flexibility index (Phi) is 3.22. The maximum Gasteiger partial charge on any atom is 0.148 e. The van der Waals surface area contributed by atoms with Crippen LogP contribution in [0.4, 0.5) is 4.39 Å². The molecule has 0 aliphatic heterocycles. The summed E-state index contributed by atoms with van der Waals surface area (Å²) in [7, 11) is 0. The Morgan fingerprint density at radius 2 is 2.00 bits per heavy atom. The lowest BCUT2D eigenvalue weighted by molar-refractivity contribution is 0.473. The zero-order valence-electron chi connectivity index (χ0n) is 8.52. The van der Waals surface area contributed by atoms with Gasteiger partial charge in [-0.3, -0.25) is 4.98 Å². The molecule has 5 heteroatoms. The second-order valence-electron chi connectivity index (χ2n) is 3.23. The molecule has 0 unspecified atom stereocenters. The van der Waals surface area contributed by atoms with E-state index in [9.17, 15) is 4.39 Å². The van der Waals surface area contributed by atoms with Gasteiger partial charge in [-0.1, -0.05) is 11.6 Å². The molecule has 0 spiro atoms. The van der Waals surface area contributed by atoms with E-state index in [1.165, 1.54) is 30.5 Å². The maximum atomic E-state index is 12.9. The molecule has 1 heterocycles. The fourth-order valence-electron chi connectivity index (χ4n) is 1.27. The molecule has 0 saturated heterocycles. The van der Waals surface area contributed by atoms with Crippen molar-refractivity contribution in [2.45, 2.75) is 0 Å². The first-order valence-electron chi connectivity index (χ1n) is 4.66. The van der Waals surface area contributed by atoms with Gasteiger partial charge < -0.3 is 4.74 Å². The molecule has 17 heavy (non-hydrogen) atoms. The minimum absolute atomic E-state index is 0.246. The summed E-state index contributed by atoms with van der Waals surface area (Å²) in [5.74, 6) is 0.114. The molecule has 0 atom stereocenters. The van der Waals surface area contributed by atoms with Crippen molar-refractivity contribution in [3.63, 3.8) is 0 Å². The number of nitrogens with zero attached hydrogens (tertiary/aromatic N) is 2. The van der Waals surface area contributed by atoms with Crippen LogP contribution in [0.5, 0.6) is 11.5 Å². The zero-order valence-corrected chi connectivity index (χ0v) is 9.28. The van der Waals surface area contributed by atoms with E-state index >= 15 is 0 Å². The van der Waals surface area contributed by atoms with E-state index in [1.54, 1.807) is 0 Å². The van der Waals surface area contributed by atoms with Crippen LogP contribution in [-0.4, -0.2) is 4.98 Å². The van der Waals surface area contributed by atoms with Gasteiger partial charge in [-0.05, 0) is 18.2 Å². The Morgan fingerprint density at radius 1 is 1.18 bits per heavy atom. The number of ether oxygens (including phenoxy) is 1. The van der Waals surface area contributed by atoms with Crippen molar-refractivity contribution in [3.8, 4) is 17.6 Å². The van der Waals surface area contributed by atoms with Gasteiger partial charge >= 0.3 is 0 Å². The smallest absolute Gasteiger partial charge is 0.148 e. The molecule has 1 aromatic carbocycles. The van der Waals surface area contributed by atoms with Gasteiger partial charge in [0, 0.05) is 11.1 Å². The first-order valence-corrected chi connectivity index (χ1v) is 5.04. The number of pyridine rings is 1. The normalized spacial score (nSPS) is 9.71. The average molecular weight is 249 g/mol. The third-order valence-electron chi connectivity index (χ3n) is 1.92. The highest BCUT2D eigenvalue weighted by molar-refractivity contribution is 6.30. The molecule has 0 radical (unpaired) electrons. The lowest BCUT2D eigenvalue weighted by atomic mass is 10.2. The van der Waals surface area contributed by atoms with Crippen LogP contribution in [-0.2, 0) is 0 Å². The second-order valence-corrected chi connectivity index (χ2v) is 3.66. The topological polar surface area (TPSA) is 45.9 Å². The van der Waals surface area contributed by atoms with E-state index in [-0.39, 0.29) is 5.75 Å². The van der Waals surface area contributed by atoms with Crippen molar-refractivity contribution < 1.29 is 9.13 Å². The third-order valence-corrected chi connectivity index (χ3v) is 2.13. The Labute approximate surface area is 102 Å². The molecule has 84 valence electrons. The molecule has 0 fully saturated rings. The van der Waals surface area contributed by atoms with Crippen LogP contribution in [0.3, 0.4) is 0 Å². The largest absolute Gasteiger partial charge is 0.456 e. The van der Waals surface area contributed by atoms with Gasteiger partial charge in [0.2, 0.25) is 0 Å². The van der Waals surface area contributed by atoms with E-state index in [0.29, 0.717) is 16.3 Å². The molecular weight excluding hydrogens is 243 g/mol. The molecule has 3 nitrogen and oxygen atoms in total. The van der Waals surface area contributed by atoms with Gasteiger partial charge in [0.25, 0.3) is 0 Å². The quantitative estimate of drug-likeness (QED) is 0.817. The van der Waals surface area contributed by atoms with Crippen LogP contribution in [0.15, 0.2) is 36.7 Å². The summed E-state index contributed by atoms with van der Waals surface area (Å²) in [4.78, 5) is 3.65. The summed E-state index contributed by atoms with van der Waals surface area (Å²) in [6.07, 6.45) is 2.45. The molecule has 2 aromatic rings. The van der Waals surface area contributed by atoms with E-state index < -0.39 is 5.82 Å². The number of nitriles is 1. The van der Waals surface area contributed by atoms with E-state index in [2.05, 4.69) is 4.98 Å². The summed E-state index contributed by atoms with van der Waals surface area (Å²) >= 11 is 5.81. The fraction of sp³-hybridized carbons (Fsp3) is 0. The maximum absolute atomic E-state index is 12.9. The van der Waals surface area contributed by atoms with Crippen LogP contribution >= 0.6 is 11.6 Å². The van der Waals surface area contributed by atoms with Crippen molar-refractivity contribution in [2.75, 3.05) is 0 Å². The SMILES string of the molecule is N#Cc1cc(Cl)cc(Oc2cncc(F)c2)c1. The first kappa shape index (κ1) is 11.4. The minimum Gasteiger partial charge on any atom is -0.456 e. The number of aromatic nitrogens is 1. The van der Waals surface area contributed by atoms with Crippen molar-refractivity contribution in [1.82, 2.24) is 4.98 Å². The monoisotopic (exact) mass is 248 g/mol. The summed E-state index contributed by atoms with van der Waals surface area (Å²) in [6.45, 7) is 0. The van der Waals surface area contributed by atoms with Gasteiger partial charge in [0.15, 0.2) is 0 Å². The van der Waals surface area contributed by atoms with Crippen LogP contribution in [0.25, 0.3) is 0 Å². The van der Waals surface area contributed by atoms with Gasteiger partial charge in [0.1, 0.15) is 17.3 Å². The number of halogens is 2. The van der Waals surface area contributed by atoms with Crippen LogP contribution in [0.1, 0.15) is 5.56 Å². The highest BCUT2D eigenvalue weighted by atomic mass is 35.5. The highest BCUT2D eigenvalue weighted by Gasteiger charge is 2.03. The summed E-state index contributed by atoms with van der Waals surface area (Å²) in [5.41, 5.74) is 0.372. The van der Waals surface area contributed by atoms with Gasteiger partial charge in [0.05, 0.1) is 24.0 Å². The Morgan fingerprint density at radius 3 is 2.71 bits per heavy atom. The second kappa shape index (κ2) is 4.81. The number of benzene rings is 1. The van der Waals surface area contributed by atoms with Crippen LogP contribution in [0.2, 0.25) is 5.02 Å². The lowest BCUT2D eigenvalue weighted by Crippen LogP contribution is -1.88. The van der Waals surface area contributed by atoms with Crippen molar-refractivity contribution in [2.24, 2.45) is 0 Å². The van der Waals surface area contributed by atoms with Crippen LogP contribution < -0.4 is 4.74 Å². The standard InChI is InChI=1S/C12H6ClFN2O/c13-9-1-8(5-15)2-11(3-9)17-12-4-10(14)6-16-7-12/h1-4,6-7H. The predicted molar refractivity (Wildman–Crippen MR) is 60.4 cm³/mol. The third kappa shape index (κ3) is 2.92. The van der Waals surface area contributed by atoms with E-state index in [4.69, 9.17) is 21.6 Å². The molecule has 0 amide bonds. The van der Waals surface area contributed by atoms with Gasteiger partial charge in [-0.15, -0.1) is 0 Å². The van der Waals surface area contributed by atoms with Crippen LogP contribution in [0, 0.1) is 17.1 Å². The first-order chi connectivity index (χ1) is 8.17. The molecule has 1 aromatic heterocycles. The number of hydrogen-bond donors (Lipinski definition) is 0. The van der Waals surface area contributed by atoms with E-state index in [0.717, 1.165) is 6.20 Å². The Bertz CT molecular complexity index is 595. The van der Waals surface area contributed by atoms with Gasteiger partial charge in [-0.2, -0.15) is 5.26 Å². The Balaban J connectivity index is 2.30. The number of hydrogen-bond acceptors (Lipinski definition) is 3. The summed E-state index contributed by atoms with van der Waals surface area (Å²) in [6, 6.07) is 7.70. The molecule has 0 N–H and O–H groups in total. The zero-order chi connectivity index (χ0) is 12.3. The van der Waals surface area contributed by atoms with Gasteiger partial charge in [-0.25, -0.2) is 4.39 Å². The summed E-state index contributed by atoms with van der Waals surface area (Å²) < 4.78 is 18.2. The predicted octanol–water partition coefficient (Wildman–Crippen LogP) is 3.54. The molecule has 0 saturated carbocycles. The molecule has 0 bridgehead atoms. The molecule has 0 aliphatic carbocycles. The van der Waals surface area contributed by atoms with E-state index in [1.807, 2.05) is 6.07 Å². The average Bonchev–Trinajstić information content (AvgIpc) is 2.28. The Hall–Kier alpha value is -2.12.